The lowest BCUT2D eigenvalue weighted by Gasteiger charge is -2.04. The van der Waals surface area contributed by atoms with Gasteiger partial charge >= 0.3 is 0 Å². The Kier molecular flexibility index (Phi) is 1.86. The number of fused-ring (bicyclic) bond motifs is 1. The summed E-state index contributed by atoms with van der Waals surface area (Å²) >= 11 is 0. The van der Waals surface area contributed by atoms with Gasteiger partial charge in [0, 0.05) is 17.8 Å². The molecule has 78 valence electrons. The van der Waals surface area contributed by atoms with Crippen LogP contribution in [0.4, 0.5) is 0 Å². The lowest BCUT2D eigenvalue weighted by Crippen LogP contribution is -1.94. The molecule has 0 bridgehead atoms. The van der Waals surface area contributed by atoms with Gasteiger partial charge < -0.3 is 5.11 Å². The second kappa shape index (κ2) is 3.34. The van der Waals surface area contributed by atoms with Crippen molar-refractivity contribution in [2.45, 2.75) is 0 Å². The van der Waals surface area contributed by atoms with Gasteiger partial charge in [0.25, 0.3) is 0 Å². The monoisotopic (exact) mass is 211 g/mol. The Morgan fingerprint density at radius 1 is 1.12 bits per heavy atom. The Morgan fingerprint density at radius 2 is 2.06 bits per heavy atom. The van der Waals surface area contributed by atoms with Crippen molar-refractivity contribution in [3.8, 4) is 11.6 Å². The molecule has 0 radical (unpaired) electrons. The maximum absolute atomic E-state index is 9.71. The first-order chi connectivity index (χ1) is 7.84. The fourth-order valence-electron chi connectivity index (χ4n) is 1.66. The number of para-hydroxylation sites is 1. The van der Waals surface area contributed by atoms with E-state index >= 15 is 0 Å². The Morgan fingerprint density at radius 3 is 2.88 bits per heavy atom. The summed E-state index contributed by atoms with van der Waals surface area (Å²) in [5, 5.41) is 10.6. The van der Waals surface area contributed by atoms with Gasteiger partial charge in [-0.3, -0.25) is 4.57 Å². The zero-order valence-corrected chi connectivity index (χ0v) is 8.41. The highest BCUT2D eigenvalue weighted by atomic mass is 16.3. The number of nitrogens with zero attached hydrogens (tertiary/aromatic N) is 3. The SMILES string of the molecule is Oc1cccc2ccc(-n3ccnc3)nc12. The molecule has 0 unspecified atom stereocenters. The second-order valence-electron chi connectivity index (χ2n) is 3.49. The number of hydrogen-bond donors (Lipinski definition) is 1. The van der Waals surface area contributed by atoms with E-state index in [0.29, 0.717) is 5.52 Å². The van der Waals surface area contributed by atoms with Crippen LogP contribution in [0.2, 0.25) is 0 Å². The van der Waals surface area contributed by atoms with Gasteiger partial charge in [0.15, 0.2) is 0 Å². The van der Waals surface area contributed by atoms with E-state index in [4.69, 9.17) is 0 Å². The molecule has 16 heavy (non-hydrogen) atoms. The molecule has 0 aliphatic heterocycles. The minimum Gasteiger partial charge on any atom is -0.506 e. The summed E-state index contributed by atoms with van der Waals surface area (Å²) in [5.41, 5.74) is 0.605. The van der Waals surface area contributed by atoms with Crippen molar-refractivity contribution in [1.29, 1.82) is 0 Å². The molecule has 3 rings (SSSR count). The van der Waals surface area contributed by atoms with Crippen LogP contribution in [0.15, 0.2) is 49.1 Å². The molecule has 0 aliphatic rings. The molecule has 2 aromatic heterocycles. The lowest BCUT2D eigenvalue weighted by molar-refractivity contribution is 0.480. The predicted octanol–water partition coefficient (Wildman–Crippen LogP) is 2.13. The number of phenolic OH excluding ortho intramolecular Hbond substituents is 1. The molecule has 2 heterocycles. The van der Waals surface area contributed by atoms with Crippen LogP contribution in [0.3, 0.4) is 0 Å². The molecule has 1 aromatic carbocycles. The normalized spacial score (nSPS) is 10.8. The van der Waals surface area contributed by atoms with Crippen LogP contribution in [0, 0.1) is 0 Å². The second-order valence-corrected chi connectivity index (χ2v) is 3.49. The van der Waals surface area contributed by atoms with E-state index in [0.717, 1.165) is 11.2 Å². The van der Waals surface area contributed by atoms with Crippen LogP contribution in [0.1, 0.15) is 0 Å². The standard InChI is InChI=1S/C12H9N3O/c16-10-3-1-2-9-4-5-11(14-12(9)10)15-7-6-13-8-15/h1-8,16H. The van der Waals surface area contributed by atoms with Gasteiger partial charge in [0.1, 0.15) is 23.4 Å². The maximum Gasteiger partial charge on any atom is 0.141 e. The van der Waals surface area contributed by atoms with Gasteiger partial charge in [-0.2, -0.15) is 0 Å². The van der Waals surface area contributed by atoms with Crippen LogP contribution in [-0.4, -0.2) is 19.6 Å². The highest BCUT2D eigenvalue weighted by Crippen LogP contribution is 2.23. The molecule has 4 heteroatoms. The summed E-state index contributed by atoms with van der Waals surface area (Å²) in [7, 11) is 0. The topological polar surface area (TPSA) is 50.9 Å². The van der Waals surface area contributed by atoms with Crippen molar-refractivity contribution >= 4 is 10.9 Å². The smallest absolute Gasteiger partial charge is 0.141 e. The van der Waals surface area contributed by atoms with Crippen molar-refractivity contribution in [2.75, 3.05) is 0 Å². The highest BCUT2D eigenvalue weighted by Gasteiger charge is 2.03. The fourth-order valence-corrected chi connectivity index (χ4v) is 1.66. The number of aromatic nitrogens is 3. The molecular formula is C12H9N3O. The zero-order valence-electron chi connectivity index (χ0n) is 8.41. The molecule has 4 nitrogen and oxygen atoms in total. The highest BCUT2D eigenvalue weighted by molar-refractivity contribution is 5.84. The van der Waals surface area contributed by atoms with E-state index in [1.165, 1.54) is 0 Å². The molecule has 0 aliphatic carbocycles. The van der Waals surface area contributed by atoms with Gasteiger partial charge in [-0.1, -0.05) is 12.1 Å². The summed E-state index contributed by atoms with van der Waals surface area (Å²) in [6.07, 6.45) is 5.18. The lowest BCUT2D eigenvalue weighted by atomic mass is 10.2. The van der Waals surface area contributed by atoms with E-state index in [1.807, 2.05) is 24.4 Å². The van der Waals surface area contributed by atoms with Gasteiger partial charge in [0.2, 0.25) is 0 Å². The molecule has 0 spiro atoms. The summed E-state index contributed by atoms with van der Waals surface area (Å²) in [4.78, 5) is 8.35. The van der Waals surface area contributed by atoms with E-state index in [9.17, 15) is 5.11 Å². The summed E-state index contributed by atoms with van der Waals surface area (Å²) < 4.78 is 1.80. The first-order valence-electron chi connectivity index (χ1n) is 4.92. The maximum atomic E-state index is 9.71. The molecule has 0 saturated heterocycles. The van der Waals surface area contributed by atoms with Crippen LogP contribution in [-0.2, 0) is 0 Å². The van der Waals surface area contributed by atoms with Gasteiger partial charge in [0.05, 0.1) is 0 Å². The van der Waals surface area contributed by atoms with Crippen LogP contribution >= 0.6 is 0 Å². The minimum absolute atomic E-state index is 0.194. The Bertz CT molecular complexity index is 632. The fraction of sp³-hybridized carbons (Fsp3) is 0. The van der Waals surface area contributed by atoms with Gasteiger partial charge in [-0.05, 0) is 18.2 Å². The zero-order chi connectivity index (χ0) is 11.0. The van der Waals surface area contributed by atoms with Crippen molar-refractivity contribution in [3.05, 3.63) is 49.1 Å². The molecule has 0 amide bonds. The van der Waals surface area contributed by atoms with Gasteiger partial charge in [-0.25, -0.2) is 9.97 Å². The molecule has 1 N–H and O–H groups in total. The third-order valence-electron chi connectivity index (χ3n) is 2.45. The number of imidazole rings is 1. The number of hydrogen-bond acceptors (Lipinski definition) is 3. The largest absolute Gasteiger partial charge is 0.506 e. The van der Waals surface area contributed by atoms with E-state index in [2.05, 4.69) is 9.97 Å². The number of phenols is 1. The van der Waals surface area contributed by atoms with Crippen LogP contribution in [0.25, 0.3) is 16.7 Å². The van der Waals surface area contributed by atoms with Crippen molar-refractivity contribution in [1.82, 2.24) is 14.5 Å². The number of benzene rings is 1. The number of rotatable bonds is 1. The average molecular weight is 211 g/mol. The molecule has 0 atom stereocenters. The van der Waals surface area contributed by atoms with Crippen molar-refractivity contribution in [3.63, 3.8) is 0 Å². The first kappa shape index (κ1) is 8.91. The van der Waals surface area contributed by atoms with Gasteiger partial charge in [-0.15, -0.1) is 0 Å². The molecule has 0 saturated carbocycles. The Balaban J connectivity index is 2.27. The van der Waals surface area contributed by atoms with Crippen molar-refractivity contribution < 1.29 is 5.11 Å². The van der Waals surface area contributed by atoms with Crippen LogP contribution in [0.5, 0.6) is 5.75 Å². The first-order valence-corrected chi connectivity index (χ1v) is 4.92. The Hall–Kier alpha value is -2.36. The number of aromatic hydroxyl groups is 1. The van der Waals surface area contributed by atoms with Crippen molar-refractivity contribution in [2.24, 2.45) is 0 Å². The third kappa shape index (κ3) is 1.32. The third-order valence-corrected chi connectivity index (χ3v) is 2.45. The van der Waals surface area contributed by atoms with Crippen LogP contribution < -0.4 is 0 Å². The molecular weight excluding hydrogens is 202 g/mol. The summed E-state index contributed by atoms with van der Waals surface area (Å²) in [6.45, 7) is 0. The molecule has 0 fully saturated rings. The summed E-state index contributed by atoms with van der Waals surface area (Å²) in [6, 6.07) is 9.17. The Labute approximate surface area is 91.8 Å². The minimum atomic E-state index is 0.194. The average Bonchev–Trinajstić information content (AvgIpc) is 2.83. The predicted molar refractivity (Wildman–Crippen MR) is 60.5 cm³/mol. The van der Waals surface area contributed by atoms with E-state index in [-0.39, 0.29) is 5.75 Å². The van der Waals surface area contributed by atoms with E-state index in [1.54, 1.807) is 29.2 Å². The summed E-state index contributed by atoms with van der Waals surface area (Å²) in [5.74, 6) is 0.936. The quantitative estimate of drug-likeness (QED) is 0.670. The molecule has 3 aromatic rings. The van der Waals surface area contributed by atoms with E-state index < -0.39 is 0 Å². The number of pyridine rings is 1.